The molecule has 0 radical (unpaired) electrons. The Kier molecular flexibility index (Phi) is 4.99. The fraction of sp³-hybridized carbons (Fsp3) is 0.667. The van der Waals surface area contributed by atoms with Gasteiger partial charge < -0.3 is 10.6 Å². The lowest BCUT2D eigenvalue weighted by molar-refractivity contribution is -0.383. The lowest BCUT2D eigenvalue weighted by Gasteiger charge is -2.19. The van der Waals surface area contributed by atoms with Crippen LogP contribution in [0.2, 0.25) is 0 Å². The molecule has 1 aromatic heterocycles. The number of nitrogens with one attached hydrogen (secondary N) is 2. The van der Waals surface area contributed by atoms with Gasteiger partial charge in [-0.05, 0) is 26.0 Å². The molecule has 2 atom stereocenters. The molecule has 1 fully saturated rings. The molecule has 2 unspecified atom stereocenters. The fourth-order valence-corrected chi connectivity index (χ4v) is 3.44. The molecule has 1 saturated carbocycles. The van der Waals surface area contributed by atoms with E-state index >= 15 is 0 Å². The van der Waals surface area contributed by atoms with Gasteiger partial charge in [0.2, 0.25) is 11.6 Å². The van der Waals surface area contributed by atoms with Crippen molar-refractivity contribution in [3.8, 4) is 0 Å². The topological polar surface area (TPSA) is 93.0 Å². The van der Waals surface area contributed by atoms with Gasteiger partial charge in [0.15, 0.2) is 0 Å². The monoisotopic (exact) mass is 297 g/mol. The molecule has 2 N–H and O–H groups in total. The highest BCUT2D eigenvalue weighted by atomic mass is 32.2. The largest absolute Gasteiger partial charge is 0.364 e. The third-order valence-electron chi connectivity index (χ3n) is 3.43. The van der Waals surface area contributed by atoms with Gasteiger partial charge in [0.05, 0.1) is 4.92 Å². The van der Waals surface area contributed by atoms with E-state index in [2.05, 4.69) is 26.9 Å². The van der Waals surface area contributed by atoms with E-state index in [0.717, 1.165) is 19.3 Å². The maximum atomic E-state index is 11.3. The summed E-state index contributed by atoms with van der Waals surface area (Å²) in [5.41, 5.74) is -0.0684. The van der Waals surface area contributed by atoms with Crippen LogP contribution in [0.25, 0.3) is 0 Å². The normalized spacial score (nSPS) is 21.7. The fourth-order valence-electron chi connectivity index (χ4n) is 2.50. The zero-order valence-corrected chi connectivity index (χ0v) is 12.4. The van der Waals surface area contributed by atoms with E-state index in [1.807, 2.05) is 6.92 Å². The molecule has 0 saturated heterocycles. The second-order valence-corrected chi connectivity index (χ2v) is 5.74. The van der Waals surface area contributed by atoms with Crippen LogP contribution in [0.4, 0.5) is 17.3 Å². The first-order valence-electron chi connectivity index (χ1n) is 6.70. The van der Waals surface area contributed by atoms with Gasteiger partial charge in [0.25, 0.3) is 0 Å². The molecule has 2 rings (SSSR count). The van der Waals surface area contributed by atoms with Gasteiger partial charge in [-0.2, -0.15) is 11.8 Å². The Balaban J connectivity index is 2.26. The van der Waals surface area contributed by atoms with Crippen LogP contribution in [0.3, 0.4) is 0 Å². The SMILES string of the molecule is CCNc1ncnc(NC2CCCC2SC)c1[N+](=O)[O-]. The second-order valence-electron chi connectivity index (χ2n) is 4.66. The summed E-state index contributed by atoms with van der Waals surface area (Å²) in [6, 6.07) is 0.230. The minimum Gasteiger partial charge on any atom is -0.364 e. The van der Waals surface area contributed by atoms with Gasteiger partial charge in [-0.3, -0.25) is 10.1 Å². The first-order valence-corrected chi connectivity index (χ1v) is 7.98. The number of nitrogens with zero attached hydrogens (tertiary/aromatic N) is 3. The molecule has 0 aromatic carbocycles. The van der Waals surface area contributed by atoms with E-state index in [9.17, 15) is 10.1 Å². The lowest BCUT2D eigenvalue weighted by atomic mass is 10.2. The van der Waals surface area contributed by atoms with E-state index in [1.165, 1.54) is 6.33 Å². The minimum absolute atomic E-state index is 0.0684. The molecule has 0 spiro atoms. The highest BCUT2D eigenvalue weighted by Gasteiger charge is 2.30. The standard InChI is InChI=1S/C12H19N5O2S/c1-3-13-11-10(17(18)19)12(15-7-14-11)16-8-5-4-6-9(8)20-2/h7-9H,3-6H2,1-2H3,(H2,13,14,15,16). The molecular formula is C12H19N5O2S. The van der Waals surface area contributed by atoms with E-state index in [-0.39, 0.29) is 17.5 Å². The van der Waals surface area contributed by atoms with Crippen molar-refractivity contribution in [3.05, 3.63) is 16.4 Å². The van der Waals surface area contributed by atoms with Crippen molar-refractivity contribution < 1.29 is 4.92 Å². The molecule has 1 aliphatic rings. The van der Waals surface area contributed by atoms with Gasteiger partial charge in [-0.25, -0.2) is 9.97 Å². The Morgan fingerprint density at radius 2 is 2.20 bits per heavy atom. The van der Waals surface area contributed by atoms with Gasteiger partial charge in [0.1, 0.15) is 6.33 Å². The summed E-state index contributed by atoms with van der Waals surface area (Å²) >= 11 is 1.80. The lowest BCUT2D eigenvalue weighted by Crippen LogP contribution is -2.27. The van der Waals surface area contributed by atoms with Gasteiger partial charge in [-0.1, -0.05) is 6.42 Å². The summed E-state index contributed by atoms with van der Waals surface area (Å²) in [6.07, 6.45) is 6.72. The second kappa shape index (κ2) is 6.74. The maximum absolute atomic E-state index is 11.3. The van der Waals surface area contributed by atoms with E-state index < -0.39 is 4.92 Å². The quantitative estimate of drug-likeness (QED) is 0.615. The average molecular weight is 297 g/mol. The van der Waals surface area contributed by atoms with Crippen LogP contribution in [0.15, 0.2) is 6.33 Å². The van der Waals surface area contributed by atoms with Crippen LogP contribution < -0.4 is 10.6 Å². The number of rotatable bonds is 6. The van der Waals surface area contributed by atoms with Crippen molar-refractivity contribution in [2.24, 2.45) is 0 Å². The highest BCUT2D eigenvalue weighted by Crippen LogP contribution is 2.34. The number of hydrogen-bond acceptors (Lipinski definition) is 7. The molecule has 1 aromatic rings. The summed E-state index contributed by atoms with van der Waals surface area (Å²) in [4.78, 5) is 18.9. The van der Waals surface area contributed by atoms with Crippen molar-refractivity contribution in [1.29, 1.82) is 0 Å². The molecular weight excluding hydrogens is 278 g/mol. The van der Waals surface area contributed by atoms with Gasteiger partial charge in [0, 0.05) is 17.8 Å². The predicted octanol–water partition coefficient (Wildman–Crippen LogP) is 2.51. The zero-order valence-electron chi connectivity index (χ0n) is 11.6. The van der Waals surface area contributed by atoms with Crippen LogP contribution in [0, 0.1) is 10.1 Å². The molecule has 110 valence electrons. The van der Waals surface area contributed by atoms with Crippen LogP contribution in [-0.2, 0) is 0 Å². The molecule has 7 nitrogen and oxygen atoms in total. The van der Waals surface area contributed by atoms with Crippen LogP contribution >= 0.6 is 11.8 Å². The Hall–Kier alpha value is -1.57. The zero-order chi connectivity index (χ0) is 14.5. The molecule has 0 bridgehead atoms. The summed E-state index contributed by atoms with van der Waals surface area (Å²) in [5.74, 6) is 0.584. The summed E-state index contributed by atoms with van der Waals surface area (Å²) < 4.78 is 0. The number of anilines is 2. The molecule has 20 heavy (non-hydrogen) atoms. The third-order valence-corrected chi connectivity index (χ3v) is 4.60. The number of hydrogen-bond donors (Lipinski definition) is 2. The summed E-state index contributed by atoms with van der Waals surface area (Å²) in [7, 11) is 0. The van der Waals surface area contributed by atoms with Gasteiger partial charge in [-0.15, -0.1) is 0 Å². The van der Waals surface area contributed by atoms with Crippen molar-refractivity contribution in [3.63, 3.8) is 0 Å². The summed E-state index contributed by atoms with van der Waals surface area (Å²) in [6.45, 7) is 2.45. The number of nitro groups is 1. The number of aromatic nitrogens is 2. The van der Waals surface area contributed by atoms with Crippen molar-refractivity contribution in [2.45, 2.75) is 37.5 Å². The van der Waals surface area contributed by atoms with Crippen molar-refractivity contribution in [2.75, 3.05) is 23.4 Å². The van der Waals surface area contributed by atoms with E-state index in [1.54, 1.807) is 11.8 Å². The number of thioether (sulfide) groups is 1. The molecule has 1 aliphatic carbocycles. The van der Waals surface area contributed by atoms with Crippen molar-refractivity contribution in [1.82, 2.24) is 9.97 Å². The highest BCUT2D eigenvalue weighted by molar-refractivity contribution is 7.99. The predicted molar refractivity (Wildman–Crippen MR) is 81.4 cm³/mol. The third kappa shape index (κ3) is 3.12. The molecule has 8 heteroatoms. The van der Waals surface area contributed by atoms with Crippen molar-refractivity contribution >= 4 is 29.1 Å². The first kappa shape index (κ1) is 14.8. The van der Waals surface area contributed by atoms with E-state index in [0.29, 0.717) is 17.6 Å². The Morgan fingerprint density at radius 3 is 2.85 bits per heavy atom. The Bertz CT molecular complexity index is 485. The minimum atomic E-state index is -0.427. The Morgan fingerprint density at radius 1 is 1.45 bits per heavy atom. The maximum Gasteiger partial charge on any atom is 0.353 e. The average Bonchev–Trinajstić information content (AvgIpc) is 2.86. The van der Waals surface area contributed by atoms with E-state index in [4.69, 9.17) is 0 Å². The van der Waals surface area contributed by atoms with Crippen LogP contribution in [0.1, 0.15) is 26.2 Å². The molecule has 0 amide bonds. The first-order chi connectivity index (χ1) is 9.67. The molecule has 1 heterocycles. The summed E-state index contributed by atoms with van der Waals surface area (Å²) in [5, 5.41) is 17.9. The van der Waals surface area contributed by atoms with Gasteiger partial charge >= 0.3 is 5.69 Å². The van der Waals surface area contributed by atoms with Crippen LogP contribution in [0.5, 0.6) is 0 Å². The Labute approximate surface area is 122 Å². The smallest absolute Gasteiger partial charge is 0.353 e. The van der Waals surface area contributed by atoms with Crippen LogP contribution in [-0.4, -0.2) is 39.0 Å². The molecule has 0 aliphatic heterocycles.